The maximum Gasteiger partial charge on any atom is 0.433 e. The second-order valence-electron chi connectivity index (χ2n) is 6.46. The van der Waals surface area contributed by atoms with Gasteiger partial charge in [0.2, 0.25) is 5.95 Å². The van der Waals surface area contributed by atoms with Crippen LogP contribution in [-0.4, -0.2) is 33.7 Å². The predicted octanol–water partition coefficient (Wildman–Crippen LogP) is 3.18. The Balaban J connectivity index is 2.27. The first kappa shape index (κ1) is 17.7. The fourth-order valence-corrected chi connectivity index (χ4v) is 2.61. The molecular formula is C14H20F3N5S. The van der Waals surface area contributed by atoms with Crippen molar-refractivity contribution in [3.8, 4) is 0 Å². The molecule has 0 unspecified atom stereocenters. The van der Waals surface area contributed by atoms with Crippen molar-refractivity contribution < 1.29 is 13.2 Å². The quantitative estimate of drug-likeness (QED) is 0.802. The van der Waals surface area contributed by atoms with Gasteiger partial charge in [-0.1, -0.05) is 0 Å². The monoisotopic (exact) mass is 347 g/mol. The van der Waals surface area contributed by atoms with Gasteiger partial charge in [-0.05, 0) is 45.8 Å². The molecule has 0 amide bonds. The van der Waals surface area contributed by atoms with Gasteiger partial charge in [0.15, 0.2) is 10.8 Å². The normalized spacial score (nSPS) is 15.7. The van der Waals surface area contributed by atoms with Crippen LogP contribution in [-0.2, 0) is 6.18 Å². The largest absolute Gasteiger partial charge is 0.433 e. The van der Waals surface area contributed by atoms with Crippen molar-refractivity contribution in [2.24, 2.45) is 0 Å². The van der Waals surface area contributed by atoms with Crippen LogP contribution < -0.4 is 15.5 Å². The summed E-state index contributed by atoms with van der Waals surface area (Å²) in [5.41, 5.74) is -1.29. The highest BCUT2D eigenvalue weighted by Crippen LogP contribution is 2.31. The van der Waals surface area contributed by atoms with Crippen molar-refractivity contribution in [2.75, 3.05) is 23.3 Å². The predicted molar refractivity (Wildman–Crippen MR) is 87.6 cm³/mol. The minimum absolute atomic E-state index is 0.150. The number of nitrogens with zero attached hydrogens (tertiary/aromatic N) is 3. The third-order valence-electron chi connectivity index (χ3n) is 3.15. The number of anilines is 2. The van der Waals surface area contributed by atoms with Gasteiger partial charge >= 0.3 is 6.18 Å². The number of aromatic nitrogens is 2. The van der Waals surface area contributed by atoms with Crippen LogP contribution >= 0.6 is 12.2 Å². The zero-order valence-corrected chi connectivity index (χ0v) is 14.1. The van der Waals surface area contributed by atoms with Gasteiger partial charge in [-0.2, -0.15) is 18.2 Å². The molecule has 2 heterocycles. The van der Waals surface area contributed by atoms with Gasteiger partial charge in [0.05, 0.1) is 0 Å². The van der Waals surface area contributed by atoms with Crippen LogP contribution in [0.25, 0.3) is 0 Å². The maximum absolute atomic E-state index is 13.1. The van der Waals surface area contributed by atoms with E-state index in [1.54, 1.807) is 0 Å². The summed E-state index contributed by atoms with van der Waals surface area (Å²) in [6.07, 6.45) is -2.65. The topological polar surface area (TPSA) is 53.1 Å². The lowest BCUT2D eigenvalue weighted by Crippen LogP contribution is -2.43. The second kappa shape index (κ2) is 6.46. The van der Waals surface area contributed by atoms with E-state index in [2.05, 4.69) is 20.6 Å². The molecule has 128 valence electrons. The summed E-state index contributed by atoms with van der Waals surface area (Å²) in [5, 5.41) is 5.79. The molecule has 1 aliphatic heterocycles. The molecule has 2 rings (SSSR count). The molecule has 1 aromatic rings. The molecule has 9 heteroatoms. The number of alkyl halides is 3. The van der Waals surface area contributed by atoms with E-state index in [-0.39, 0.29) is 22.4 Å². The Kier molecular flexibility index (Phi) is 4.98. The summed E-state index contributed by atoms with van der Waals surface area (Å²) in [4.78, 5) is 9.54. The van der Waals surface area contributed by atoms with E-state index in [0.717, 1.165) is 18.9 Å². The SMILES string of the molecule is CC(C)(C)NC(=S)Nc1nc(N2CCCC2)cc(C(F)(F)F)n1. The first-order chi connectivity index (χ1) is 10.5. The number of halogens is 3. The van der Waals surface area contributed by atoms with Gasteiger partial charge in [-0.3, -0.25) is 0 Å². The second-order valence-corrected chi connectivity index (χ2v) is 6.86. The summed E-state index contributed by atoms with van der Waals surface area (Å²) in [5.74, 6) is 0.120. The number of hydrogen-bond donors (Lipinski definition) is 2. The third kappa shape index (κ3) is 5.19. The van der Waals surface area contributed by atoms with Crippen LogP contribution in [0.2, 0.25) is 0 Å². The fourth-order valence-electron chi connectivity index (χ4n) is 2.22. The Hall–Kier alpha value is -1.64. The van der Waals surface area contributed by atoms with Crippen molar-refractivity contribution >= 4 is 29.1 Å². The first-order valence-electron chi connectivity index (χ1n) is 7.35. The zero-order valence-electron chi connectivity index (χ0n) is 13.3. The summed E-state index contributed by atoms with van der Waals surface area (Å²) in [6, 6.07) is 0.983. The van der Waals surface area contributed by atoms with E-state index in [1.807, 2.05) is 25.7 Å². The van der Waals surface area contributed by atoms with Crippen LogP contribution in [0, 0.1) is 0 Å². The van der Waals surface area contributed by atoms with Gasteiger partial charge in [-0.15, -0.1) is 0 Å². The van der Waals surface area contributed by atoms with E-state index in [9.17, 15) is 13.2 Å². The lowest BCUT2D eigenvalue weighted by atomic mass is 10.1. The number of rotatable bonds is 2. The summed E-state index contributed by atoms with van der Waals surface area (Å²) in [6.45, 7) is 7.06. The molecule has 2 N–H and O–H groups in total. The minimum atomic E-state index is -4.53. The van der Waals surface area contributed by atoms with E-state index in [0.29, 0.717) is 13.1 Å². The molecule has 0 bridgehead atoms. The van der Waals surface area contributed by atoms with Crippen LogP contribution in [0.1, 0.15) is 39.3 Å². The molecule has 1 saturated heterocycles. The lowest BCUT2D eigenvalue weighted by molar-refractivity contribution is -0.141. The molecule has 1 aliphatic rings. The highest BCUT2D eigenvalue weighted by atomic mass is 32.1. The van der Waals surface area contributed by atoms with Gasteiger partial charge in [-0.25, -0.2) is 4.98 Å². The Bertz CT molecular complexity index is 577. The first-order valence-corrected chi connectivity index (χ1v) is 7.76. The van der Waals surface area contributed by atoms with Gasteiger partial charge < -0.3 is 15.5 Å². The number of hydrogen-bond acceptors (Lipinski definition) is 4. The zero-order chi connectivity index (χ0) is 17.3. The summed E-state index contributed by atoms with van der Waals surface area (Å²) in [7, 11) is 0. The molecule has 5 nitrogen and oxygen atoms in total. The Morgan fingerprint density at radius 2 is 1.78 bits per heavy atom. The van der Waals surface area contributed by atoms with Gasteiger partial charge in [0.25, 0.3) is 0 Å². The van der Waals surface area contributed by atoms with Crippen LogP contribution in [0.4, 0.5) is 24.9 Å². The van der Waals surface area contributed by atoms with Gasteiger partial charge in [0.1, 0.15) is 5.82 Å². The Morgan fingerprint density at radius 1 is 1.17 bits per heavy atom. The molecule has 0 spiro atoms. The van der Waals surface area contributed by atoms with E-state index >= 15 is 0 Å². The van der Waals surface area contributed by atoms with E-state index in [1.165, 1.54) is 0 Å². The molecule has 0 saturated carbocycles. The molecular weight excluding hydrogens is 327 g/mol. The molecule has 0 aliphatic carbocycles. The summed E-state index contributed by atoms with van der Waals surface area (Å²) >= 11 is 5.10. The van der Waals surface area contributed by atoms with Crippen molar-refractivity contribution in [1.82, 2.24) is 15.3 Å². The molecule has 0 radical (unpaired) electrons. The molecule has 23 heavy (non-hydrogen) atoms. The van der Waals surface area contributed by atoms with Crippen molar-refractivity contribution in [3.63, 3.8) is 0 Å². The van der Waals surface area contributed by atoms with E-state index in [4.69, 9.17) is 12.2 Å². The van der Waals surface area contributed by atoms with Crippen LogP contribution in [0.5, 0.6) is 0 Å². The van der Waals surface area contributed by atoms with Crippen LogP contribution in [0.3, 0.4) is 0 Å². The van der Waals surface area contributed by atoms with Gasteiger partial charge in [0, 0.05) is 24.7 Å². The highest BCUT2D eigenvalue weighted by Gasteiger charge is 2.34. The Morgan fingerprint density at radius 3 is 2.30 bits per heavy atom. The smallest absolute Gasteiger partial charge is 0.358 e. The van der Waals surface area contributed by atoms with Crippen LogP contribution in [0.15, 0.2) is 6.07 Å². The minimum Gasteiger partial charge on any atom is -0.358 e. The molecule has 1 fully saturated rings. The number of thiocarbonyl (C=S) groups is 1. The fraction of sp³-hybridized carbons (Fsp3) is 0.643. The molecule has 0 atom stereocenters. The number of nitrogens with one attached hydrogen (secondary N) is 2. The molecule has 0 aromatic carbocycles. The third-order valence-corrected chi connectivity index (χ3v) is 3.35. The summed E-state index contributed by atoms with van der Waals surface area (Å²) < 4.78 is 39.2. The van der Waals surface area contributed by atoms with Crippen molar-refractivity contribution in [3.05, 3.63) is 11.8 Å². The maximum atomic E-state index is 13.1. The molecule has 1 aromatic heterocycles. The van der Waals surface area contributed by atoms with E-state index < -0.39 is 11.9 Å². The highest BCUT2D eigenvalue weighted by molar-refractivity contribution is 7.80. The van der Waals surface area contributed by atoms with Crippen molar-refractivity contribution in [2.45, 2.75) is 45.3 Å². The average Bonchev–Trinajstić information content (AvgIpc) is 2.88. The lowest BCUT2D eigenvalue weighted by Gasteiger charge is -2.23. The standard InChI is InChI=1S/C14H20F3N5S/c1-13(2,3)21-12(23)20-11-18-9(14(15,16)17)8-10(19-11)22-6-4-5-7-22/h8H,4-7H2,1-3H3,(H2,18,19,20,21,23). The van der Waals surface area contributed by atoms with Crippen molar-refractivity contribution in [1.29, 1.82) is 0 Å². The average molecular weight is 347 g/mol. The Labute approximate surface area is 138 Å².